The van der Waals surface area contributed by atoms with Crippen molar-refractivity contribution in [2.75, 3.05) is 27.7 Å². The number of nitrogens with zero attached hydrogens (tertiary/aromatic N) is 1. The van der Waals surface area contributed by atoms with E-state index in [1.807, 2.05) is 33.3 Å². The molecule has 8 nitrogen and oxygen atoms in total. The number of rotatable bonds is 15. The second kappa shape index (κ2) is 13.3. The maximum atomic E-state index is 11.9. The van der Waals surface area contributed by atoms with Crippen LogP contribution in [0.2, 0.25) is 0 Å². The van der Waals surface area contributed by atoms with E-state index in [0.29, 0.717) is 30.3 Å². The van der Waals surface area contributed by atoms with E-state index in [4.69, 9.17) is 9.84 Å². The van der Waals surface area contributed by atoms with Gasteiger partial charge in [-0.1, -0.05) is 12.2 Å². The van der Waals surface area contributed by atoms with Gasteiger partial charge in [-0.2, -0.15) is 0 Å². The van der Waals surface area contributed by atoms with Crippen LogP contribution in [0.15, 0.2) is 12.2 Å². The summed E-state index contributed by atoms with van der Waals surface area (Å²) in [5.74, 6) is -2.70. The molecule has 0 heterocycles. The standard InChI is InChI=1S/C19H33NO7/c1-20(2,3)14-16(13-18(24)25)27-19(26)12-15(21)10-8-6-4-5-7-9-11-17(22)23/h4,6,15-16,21H,5,7-14H2,1-3H3,(H-,22,23,24,25)/b6-4+. The number of carbonyl (C=O) groups excluding carboxylic acids is 2. The summed E-state index contributed by atoms with van der Waals surface area (Å²) in [6, 6.07) is 0. The van der Waals surface area contributed by atoms with Crippen molar-refractivity contribution < 1.29 is 38.9 Å². The summed E-state index contributed by atoms with van der Waals surface area (Å²) in [5.41, 5.74) is 0. The molecule has 0 saturated carbocycles. The molecule has 2 atom stereocenters. The third-order valence-corrected chi connectivity index (χ3v) is 3.69. The number of allylic oxidation sites excluding steroid dienone is 2. The van der Waals surface area contributed by atoms with Gasteiger partial charge < -0.3 is 29.3 Å². The third kappa shape index (κ3) is 17.3. The van der Waals surface area contributed by atoms with E-state index in [2.05, 4.69) is 0 Å². The van der Waals surface area contributed by atoms with Crippen molar-refractivity contribution in [2.24, 2.45) is 0 Å². The number of unbranched alkanes of at least 4 members (excludes halogenated alkanes) is 2. The highest BCUT2D eigenvalue weighted by atomic mass is 16.5. The summed E-state index contributed by atoms with van der Waals surface area (Å²) in [6.07, 6.45) is 4.98. The number of carboxylic acid groups (broad SMARTS) is 2. The minimum atomic E-state index is -1.28. The van der Waals surface area contributed by atoms with Crippen LogP contribution >= 0.6 is 0 Å². The largest absolute Gasteiger partial charge is 0.550 e. The minimum absolute atomic E-state index is 0.168. The van der Waals surface area contributed by atoms with E-state index in [-0.39, 0.29) is 19.3 Å². The van der Waals surface area contributed by atoms with Crippen molar-refractivity contribution in [3.63, 3.8) is 0 Å². The maximum Gasteiger partial charge on any atom is 0.308 e. The zero-order valence-corrected chi connectivity index (χ0v) is 16.6. The predicted octanol–water partition coefficient (Wildman–Crippen LogP) is 0.477. The van der Waals surface area contributed by atoms with Crippen LogP contribution in [0.4, 0.5) is 0 Å². The first kappa shape index (κ1) is 25.1. The van der Waals surface area contributed by atoms with Crippen LogP contribution in [0.5, 0.6) is 0 Å². The summed E-state index contributed by atoms with van der Waals surface area (Å²) in [6.45, 7) is 0.334. The fourth-order valence-electron chi connectivity index (χ4n) is 2.53. The van der Waals surface area contributed by atoms with Crippen molar-refractivity contribution in [2.45, 2.75) is 63.6 Å². The van der Waals surface area contributed by atoms with Gasteiger partial charge in [0, 0.05) is 18.8 Å². The monoisotopic (exact) mass is 387 g/mol. The molecule has 0 spiro atoms. The molecule has 0 fully saturated rings. The fraction of sp³-hybridized carbons (Fsp3) is 0.737. The molecule has 8 heteroatoms. The van der Waals surface area contributed by atoms with Crippen LogP contribution in [0.25, 0.3) is 0 Å². The number of ether oxygens (including phenoxy) is 1. The fourth-order valence-corrected chi connectivity index (χ4v) is 2.53. The lowest BCUT2D eigenvalue weighted by Crippen LogP contribution is -2.45. The topological polar surface area (TPSA) is 124 Å². The number of esters is 1. The maximum absolute atomic E-state index is 11.9. The Kier molecular flexibility index (Phi) is 12.3. The Bertz CT molecular complexity index is 497. The van der Waals surface area contributed by atoms with Crippen LogP contribution in [0.1, 0.15) is 51.4 Å². The van der Waals surface area contributed by atoms with Crippen molar-refractivity contribution >= 4 is 17.9 Å². The zero-order valence-electron chi connectivity index (χ0n) is 16.6. The second-order valence-corrected chi connectivity index (χ2v) is 7.71. The van der Waals surface area contributed by atoms with Gasteiger partial charge >= 0.3 is 11.9 Å². The van der Waals surface area contributed by atoms with Gasteiger partial charge in [0.1, 0.15) is 6.54 Å². The van der Waals surface area contributed by atoms with Gasteiger partial charge in [0.2, 0.25) is 0 Å². The Hall–Kier alpha value is -1.93. The van der Waals surface area contributed by atoms with Gasteiger partial charge in [0.25, 0.3) is 0 Å². The molecular weight excluding hydrogens is 354 g/mol. The molecule has 0 aromatic heterocycles. The number of aliphatic hydroxyl groups is 1. The molecule has 0 aliphatic carbocycles. The van der Waals surface area contributed by atoms with Crippen LogP contribution in [0, 0.1) is 0 Å². The number of carbonyl (C=O) groups is 3. The zero-order chi connectivity index (χ0) is 20.9. The van der Waals surface area contributed by atoms with Crippen molar-refractivity contribution in [1.29, 1.82) is 0 Å². The quantitative estimate of drug-likeness (QED) is 0.181. The first-order valence-electron chi connectivity index (χ1n) is 9.24. The normalized spacial score (nSPS) is 14.1. The summed E-state index contributed by atoms with van der Waals surface area (Å²) in [5, 5.41) is 29.2. The first-order valence-corrected chi connectivity index (χ1v) is 9.24. The molecule has 27 heavy (non-hydrogen) atoms. The van der Waals surface area contributed by atoms with E-state index in [0.717, 1.165) is 12.8 Å². The van der Waals surface area contributed by atoms with Crippen LogP contribution in [-0.2, 0) is 19.1 Å². The van der Waals surface area contributed by atoms with Crippen LogP contribution in [-0.4, -0.2) is 72.5 Å². The molecule has 0 aliphatic rings. The molecule has 0 rings (SSSR count). The third-order valence-electron chi connectivity index (χ3n) is 3.69. The smallest absolute Gasteiger partial charge is 0.308 e. The number of carboxylic acids is 2. The Morgan fingerprint density at radius 2 is 1.70 bits per heavy atom. The Balaban J connectivity index is 4.10. The van der Waals surface area contributed by atoms with Gasteiger partial charge in [-0.3, -0.25) is 9.59 Å². The van der Waals surface area contributed by atoms with Crippen LogP contribution in [0.3, 0.4) is 0 Å². The van der Waals surface area contributed by atoms with Gasteiger partial charge in [0.05, 0.1) is 33.7 Å². The number of quaternary nitrogens is 1. The lowest BCUT2D eigenvalue weighted by Gasteiger charge is -2.29. The van der Waals surface area contributed by atoms with Crippen molar-refractivity contribution in [1.82, 2.24) is 0 Å². The molecule has 0 saturated heterocycles. The summed E-state index contributed by atoms with van der Waals surface area (Å²) in [7, 11) is 5.58. The van der Waals surface area contributed by atoms with Crippen molar-refractivity contribution in [3.8, 4) is 0 Å². The summed E-state index contributed by atoms with van der Waals surface area (Å²) < 4.78 is 5.63. The predicted molar refractivity (Wildman–Crippen MR) is 97.5 cm³/mol. The van der Waals surface area contributed by atoms with Gasteiger partial charge in [-0.15, -0.1) is 0 Å². The van der Waals surface area contributed by atoms with E-state index < -0.39 is 30.1 Å². The molecule has 0 aromatic carbocycles. The molecular formula is C19H33NO7. The Labute approximate surface area is 161 Å². The van der Waals surface area contributed by atoms with E-state index >= 15 is 0 Å². The highest BCUT2D eigenvalue weighted by molar-refractivity contribution is 5.71. The molecule has 2 unspecified atom stereocenters. The Morgan fingerprint density at radius 1 is 1.07 bits per heavy atom. The van der Waals surface area contributed by atoms with Gasteiger partial charge in [-0.05, 0) is 32.1 Å². The Morgan fingerprint density at radius 3 is 2.26 bits per heavy atom. The number of hydrogen-bond donors (Lipinski definition) is 2. The van der Waals surface area contributed by atoms with Crippen LogP contribution < -0.4 is 5.11 Å². The number of likely N-dealkylation sites (N-methyl/N-ethyl adjacent to an activating group) is 1. The number of aliphatic carboxylic acids is 2. The molecule has 156 valence electrons. The molecule has 2 N–H and O–H groups in total. The highest BCUT2D eigenvalue weighted by Gasteiger charge is 2.23. The number of aliphatic hydroxyl groups excluding tert-OH is 1. The van der Waals surface area contributed by atoms with Crippen molar-refractivity contribution in [3.05, 3.63) is 12.2 Å². The SMILES string of the molecule is C[N+](C)(C)CC(CC(=O)[O-])OC(=O)CC(O)CC/C=C/CCCCC(=O)O. The molecule has 0 amide bonds. The van der Waals surface area contributed by atoms with E-state index in [1.165, 1.54) is 0 Å². The summed E-state index contributed by atoms with van der Waals surface area (Å²) in [4.78, 5) is 33.1. The van der Waals surface area contributed by atoms with E-state index in [1.54, 1.807) is 0 Å². The lowest BCUT2D eigenvalue weighted by molar-refractivity contribution is -0.873. The molecule has 0 radical (unpaired) electrons. The summed E-state index contributed by atoms with van der Waals surface area (Å²) >= 11 is 0. The molecule has 0 bridgehead atoms. The average Bonchev–Trinajstić information content (AvgIpc) is 2.46. The first-order chi connectivity index (χ1) is 12.5. The van der Waals surface area contributed by atoms with Gasteiger partial charge in [-0.25, -0.2) is 0 Å². The lowest BCUT2D eigenvalue weighted by atomic mass is 10.1. The van der Waals surface area contributed by atoms with E-state index in [9.17, 15) is 24.6 Å². The molecule has 0 aliphatic heterocycles. The highest BCUT2D eigenvalue weighted by Crippen LogP contribution is 2.10. The van der Waals surface area contributed by atoms with Gasteiger partial charge in [0.15, 0.2) is 6.10 Å². The molecule has 0 aromatic rings. The second-order valence-electron chi connectivity index (χ2n) is 7.71. The average molecular weight is 387 g/mol. The number of hydrogen-bond acceptors (Lipinski definition) is 6. The minimum Gasteiger partial charge on any atom is -0.550 e.